The lowest BCUT2D eigenvalue weighted by atomic mass is 9.76. The minimum atomic E-state index is -0.991. The van der Waals surface area contributed by atoms with Gasteiger partial charge in [0.1, 0.15) is 11.1 Å². The van der Waals surface area contributed by atoms with Gasteiger partial charge in [0, 0.05) is 27.8 Å². The van der Waals surface area contributed by atoms with E-state index in [0.717, 1.165) is 43.7 Å². The number of methoxy groups -OCH3 is 1. The van der Waals surface area contributed by atoms with E-state index in [9.17, 15) is 4.21 Å². The maximum absolute atomic E-state index is 12.9. The fourth-order valence-corrected chi connectivity index (χ4v) is 5.46. The molecule has 1 fully saturated rings. The summed E-state index contributed by atoms with van der Waals surface area (Å²) in [6.07, 6.45) is 5.63. The molecule has 1 aliphatic heterocycles. The molecule has 3 atom stereocenters. The Hall–Kier alpha value is -0.980. The van der Waals surface area contributed by atoms with Crippen molar-refractivity contribution in [2.45, 2.75) is 56.6 Å². The number of piperidine rings is 1. The minimum absolute atomic E-state index is 0.0834. The number of pyridine rings is 1. The van der Waals surface area contributed by atoms with Crippen molar-refractivity contribution in [1.29, 1.82) is 0 Å². The van der Waals surface area contributed by atoms with Gasteiger partial charge in [-0.2, -0.15) is 0 Å². The predicted molar refractivity (Wildman–Crippen MR) is 92.4 cm³/mol. The van der Waals surface area contributed by atoms with Crippen LogP contribution in [0.3, 0.4) is 0 Å². The molecular weight excluding hydrogens is 310 g/mol. The van der Waals surface area contributed by atoms with Gasteiger partial charge in [-0.1, -0.05) is 0 Å². The van der Waals surface area contributed by atoms with E-state index in [0.29, 0.717) is 0 Å². The molecule has 23 heavy (non-hydrogen) atoms. The van der Waals surface area contributed by atoms with Gasteiger partial charge in [-0.15, -0.1) is 0 Å². The average Bonchev–Trinajstić information content (AvgIpc) is 2.85. The highest BCUT2D eigenvalue weighted by atomic mass is 32.2. The zero-order chi connectivity index (χ0) is 16.8. The van der Waals surface area contributed by atoms with E-state index in [2.05, 4.69) is 11.1 Å². The first-order valence-corrected chi connectivity index (χ1v) is 9.39. The van der Waals surface area contributed by atoms with Gasteiger partial charge in [0.25, 0.3) is 0 Å². The van der Waals surface area contributed by atoms with Gasteiger partial charge in [0.15, 0.2) is 0 Å². The minimum Gasteiger partial charge on any atom is -0.495 e. The highest BCUT2D eigenvalue weighted by Gasteiger charge is 2.47. The van der Waals surface area contributed by atoms with Crippen molar-refractivity contribution in [2.24, 2.45) is 11.3 Å². The number of rotatable bonds is 2. The maximum Gasteiger partial charge on any atom is 0.137 e. The van der Waals surface area contributed by atoms with Gasteiger partial charge >= 0.3 is 0 Å². The van der Waals surface area contributed by atoms with Crippen molar-refractivity contribution in [3.05, 3.63) is 23.5 Å². The Morgan fingerprint density at radius 3 is 2.83 bits per heavy atom. The standard InChI is InChI=1S/C17H27N3O2S/c1-16(2,3)23(21)15-10-17(5-6-20(15)18)8-12-7-13(22-4)11-19-14(12)9-17/h7,11,15H,5-6,8-10,18H2,1-4H3/t15-,17?,23?/m1/s1. The maximum atomic E-state index is 12.9. The topological polar surface area (TPSA) is 68.4 Å². The van der Waals surface area contributed by atoms with Crippen molar-refractivity contribution in [3.63, 3.8) is 0 Å². The molecule has 2 aliphatic rings. The molecule has 1 aromatic rings. The van der Waals surface area contributed by atoms with E-state index in [1.165, 1.54) is 5.56 Å². The van der Waals surface area contributed by atoms with Crippen molar-refractivity contribution < 1.29 is 8.95 Å². The van der Waals surface area contributed by atoms with E-state index < -0.39 is 10.8 Å². The van der Waals surface area contributed by atoms with Gasteiger partial charge in [-0.05, 0) is 63.5 Å². The highest BCUT2D eigenvalue weighted by molar-refractivity contribution is 7.86. The lowest BCUT2D eigenvalue weighted by Gasteiger charge is -2.44. The van der Waals surface area contributed by atoms with E-state index in [-0.39, 0.29) is 15.5 Å². The normalized spacial score (nSPS) is 29.5. The molecule has 0 aromatic carbocycles. The number of nitrogens with zero attached hydrogens (tertiary/aromatic N) is 2. The second kappa shape index (κ2) is 5.83. The first-order valence-electron chi connectivity index (χ1n) is 8.18. The third-order valence-corrected chi connectivity index (χ3v) is 7.25. The van der Waals surface area contributed by atoms with E-state index in [1.807, 2.05) is 20.8 Å². The van der Waals surface area contributed by atoms with Gasteiger partial charge in [-0.25, -0.2) is 5.01 Å². The molecule has 2 N–H and O–H groups in total. The highest BCUT2D eigenvalue weighted by Crippen LogP contribution is 2.47. The lowest BCUT2D eigenvalue weighted by molar-refractivity contribution is 0.0923. The summed E-state index contributed by atoms with van der Waals surface area (Å²) in [5.74, 6) is 6.99. The average molecular weight is 337 g/mol. The molecule has 2 unspecified atom stereocenters. The Balaban J connectivity index is 1.83. The second-order valence-electron chi connectivity index (χ2n) is 7.89. The molecule has 1 aromatic heterocycles. The van der Waals surface area contributed by atoms with Crippen LogP contribution in [-0.4, -0.2) is 38.0 Å². The molecule has 1 spiro atoms. The molecule has 2 heterocycles. The summed E-state index contributed by atoms with van der Waals surface area (Å²) in [6.45, 7) is 6.85. The lowest BCUT2D eigenvalue weighted by Crippen LogP contribution is -2.55. The van der Waals surface area contributed by atoms with E-state index in [1.54, 1.807) is 18.3 Å². The Morgan fingerprint density at radius 2 is 2.17 bits per heavy atom. The number of hydrogen-bond acceptors (Lipinski definition) is 5. The molecular formula is C17H27N3O2S. The molecule has 0 saturated carbocycles. The van der Waals surface area contributed by atoms with E-state index >= 15 is 0 Å². The third kappa shape index (κ3) is 3.16. The summed E-state index contributed by atoms with van der Waals surface area (Å²) in [6, 6.07) is 2.10. The van der Waals surface area contributed by atoms with Crippen LogP contribution in [0.5, 0.6) is 5.75 Å². The molecule has 5 nitrogen and oxygen atoms in total. The van der Waals surface area contributed by atoms with Crippen LogP contribution in [0, 0.1) is 5.41 Å². The van der Waals surface area contributed by atoms with Crippen LogP contribution in [-0.2, 0) is 23.6 Å². The zero-order valence-electron chi connectivity index (χ0n) is 14.5. The van der Waals surface area contributed by atoms with Crippen LogP contribution >= 0.6 is 0 Å². The third-order valence-electron chi connectivity index (χ3n) is 5.11. The number of ether oxygens (including phenoxy) is 1. The summed E-state index contributed by atoms with van der Waals surface area (Å²) in [5.41, 5.74) is 2.58. The zero-order valence-corrected chi connectivity index (χ0v) is 15.3. The summed E-state index contributed by atoms with van der Waals surface area (Å²) >= 11 is 0. The van der Waals surface area contributed by atoms with E-state index in [4.69, 9.17) is 10.6 Å². The number of nitrogens with two attached hydrogens (primary N) is 1. The van der Waals surface area contributed by atoms with Gasteiger partial charge < -0.3 is 4.74 Å². The molecule has 1 saturated heterocycles. The molecule has 128 valence electrons. The summed E-state index contributed by atoms with van der Waals surface area (Å²) < 4.78 is 17.9. The quantitative estimate of drug-likeness (QED) is 0.836. The molecule has 3 rings (SSSR count). The summed E-state index contributed by atoms with van der Waals surface area (Å²) in [4.78, 5) is 4.57. The molecule has 0 bridgehead atoms. The molecule has 0 radical (unpaired) electrons. The van der Waals surface area contributed by atoms with Gasteiger partial charge in [-0.3, -0.25) is 15.0 Å². The molecule has 6 heteroatoms. The molecule has 1 aliphatic carbocycles. The monoisotopic (exact) mass is 337 g/mol. The predicted octanol–water partition coefficient (Wildman–Crippen LogP) is 2.02. The van der Waals surface area contributed by atoms with Crippen LogP contribution in [0.1, 0.15) is 44.9 Å². The fraction of sp³-hybridized carbons (Fsp3) is 0.706. The van der Waals surface area contributed by atoms with Crippen molar-refractivity contribution in [2.75, 3.05) is 13.7 Å². The number of hydrogen-bond donors (Lipinski definition) is 1. The van der Waals surface area contributed by atoms with Crippen LogP contribution in [0.15, 0.2) is 12.3 Å². The van der Waals surface area contributed by atoms with Crippen LogP contribution < -0.4 is 10.6 Å². The first-order chi connectivity index (χ1) is 10.7. The van der Waals surface area contributed by atoms with Crippen molar-refractivity contribution >= 4 is 10.8 Å². The Labute approximate surface area is 141 Å². The van der Waals surface area contributed by atoms with Crippen molar-refractivity contribution in [3.8, 4) is 5.75 Å². The van der Waals surface area contributed by atoms with Gasteiger partial charge in [0.2, 0.25) is 0 Å². The van der Waals surface area contributed by atoms with Crippen LogP contribution in [0.4, 0.5) is 0 Å². The Morgan fingerprint density at radius 1 is 1.43 bits per heavy atom. The Bertz CT molecular complexity index is 629. The Kier molecular flexibility index (Phi) is 4.27. The number of fused-ring (bicyclic) bond motifs is 1. The first kappa shape index (κ1) is 16.9. The SMILES string of the molecule is COc1cnc2c(c1)CC1(CCN(N)[C@H](S(=O)C(C)(C)C)C1)C2. The smallest absolute Gasteiger partial charge is 0.137 e. The number of aromatic nitrogens is 1. The van der Waals surface area contributed by atoms with Crippen molar-refractivity contribution in [1.82, 2.24) is 9.99 Å². The molecule has 0 amide bonds. The fourth-order valence-electron chi connectivity index (χ4n) is 3.79. The van der Waals surface area contributed by atoms with Crippen LogP contribution in [0.2, 0.25) is 0 Å². The number of hydrazine groups is 1. The largest absolute Gasteiger partial charge is 0.495 e. The van der Waals surface area contributed by atoms with Crippen LogP contribution in [0.25, 0.3) is 0 Å². The summed E-state index contributed by atoms with van der Waals surface area (Å²) in [5, 5.41) is 1.71. The second-order valence-corrected chi connectivity index (χ2v) is 10.3. The van der Waals surface area contributed by atoms with Gasteiger partial charge in [0.05, 0.1) is 13.3 Å². The summed E-state index contributed by atoms with van der Waals surface area (Å²) in [7, 11) is 0.679.